The molecule has 0 aliphatic carbocycles. The Hall–Kier alpha value is -2.97. The van der Waals surface area contributed by atoms with E-state index in [0.29, 0.717) is 26.2 Å². The van der Waals surface area contributed by atoms with Gasteiger partial charge in [0.25, 0.3) is 0 Å². The van der Waals surface area contributed by atoms with Gasteiger partial charge in [0.2, 0.25) is 0 Å². The van der Waals surface area contributed by atoms with Gasteiger partial charge in [0, 0.05) is 50.6 Å². The number of urea groups is 1. The maximum atomic E-state index is 13.0. The average Bonchev–Trinajstić information content (AvgIpc) is 3.13. The number of benzene rings is 1. The molecule has 0 N–H and O–H groups in total. The normalized spacial score (nSPS) is 21.8. The molecule has 3 fully saturated rings. The molecule has 0 aromatic heterocycles. The van der Waals surface area contributed by atoms with E-state index in [-0.39, 0.29) is 30.1 Å². The van der Waals surface area contributed by atoms with E-state index < -0.39 is 5.60 Å². The van der Waals surface area contributed by atoms with E-state index in [1.165, 1.54) is 7.11 Å². The monoisotopic (exact) mass is 458 g/mol. The second kappa shape index (κ2) is 9.11. The number of piperidine rings is 1. The summed E-state index contributed by atoms with van der Waals surface area (Å²) in [6.07, 6.45) is 1.24. The van der Waals surface area contributed by atoms with E-state index in [2.05, 4.69) is 4.90 Å². The number of hydrogen-bond acceptors (Lipinski definition) is 6. The number of hydrogen-bond donors (Lipinski definition) is 0. The van der Waals surface area contributed by atoms with E-state index in [4.69, 9.17) is 9.47 Å². The molecule has 0 spiro atoms. The highest BCUT2D eigenvalue weighted by Gasteiger charge is 2.43. The number of ether oxygens (including phenoxy) is 2. The van der Waals surface area contributed by atoms with Crippen molar-refractivity contribution in [1.82, 2.24) is 9.80 Å². The SMILES string of the molecule is COC(=O)C1CCN(c2ccc(N3CC4CN(C(=O)OC(C)(C)C)CCN4C3=O)cc2)CC1. The first-order valence-electron chi connectivity index (χ1n) is 11.6. The fourth-order valence-corrected chi connectivity index (χ4v) is 4.80. The summed E-state index contributed by atoms with van der Waals surface area (Å²) in [6.45, 7) is 9.17. The van der Waals surface area contributed by atoms with E-state index in [1.54, 1.807) is 9.80 Å². The van der Waals surface area contributed by atoms with E-state index in [1.807, 2.05) is 49.9 Å². The number of piperazine rings is 1. The van der Waals surface area contributed by atoms with Crippen LogP contribution in [0.5, 0.6) is 0 Å². The molecule has 3 saturated heterocycles. The molecule has 0 saturated carbocycles. The predicted octanol–water partition coefficient (Wildman–Crippen LogP) is 2.94. The van der Waals surface area contributed by atoms with Gasteiger partial charge >= 0.3 is 18.1 Å². The summed E-state index contributed by atoms with van der Waals surface area (Å²) in [5, 5.41) is 0. The molecule has 3 heterocycles. The van der Waals surface area contributed by atoms with Crippen molar-refractivity contribution >= 4 is 29.5 Å². The van der Waals surface area contributed by atoms with Gasteiger partial charge in [0.1, 0.15) is 5.60 Å². The molecule has 3 amide bonds. The van der Waals surface area contributed by atoms with Crippen molar-refractivity contribution in [3.8, 4) is 0 Å². The summed E-state index contributed by atoms with van der Waals surface area (Å²) >= 11 is 0. The van der Waals surface area contributed by atoms with Crippen LogP contribution in [0.2, 0.25) is 0 Å². The minimum atomic E-state index is -0.540. The number of fused-ring (bicyclic) bond motifs is 1. The van der Waals surface area contributed by atoms with Crippen LogP contribution in [0.15, 0.2) is 24.3 Å². The third-order valence-electron chi connectivity index (χ3n) is 6.56. The summed E-state index contributed by atoms with van der Waals surface area (Å²) in [4.78, 5) is 44.8. The third kappa shape index (κ3) is 5.02. The number of nitrogens with zero attached hydrogens (tertiary/aromatic N) is 4. The number of esters is 1. The summed E-state index contributed by atoms with van der Waals surface area (Å²) in [5.74, 6) is -0.148. The first-order chi connectivity index (χ1) is 15.7. The number of rotatable bonds is 3. The van der Waals surface area contributed by atoms with Crippen molar-refractivity contribution in [2.45, 2.75) is 45.3 Å². The van der Waals surface area contributed by atoms with Crippen LogP contribution in [0, 0.1) is 5.92 Å². The lowest BCUT2D eigenvalue weighted by atomic mass is 9.96. The van der Waals surface area contributed by atoms with Crippen molar-refractivity contribution in [2.24, 2.45) is 5.92 Å². The van der Waals surface area contributed by atoms with Gasteiger partial charge in [-0.15, -0.1) is 0 Å². The van der Waals surface area contributed by atoms with Crippen molar-refractivity contribution in [3.05, 3.63) is 24.3 Å². The van der Waals surface area contributed by atoms with Crippen LogP contribution in [-0.4, -0.2) is 85.9 Å². The fraction of sp³-hybridized carbons (Fsp3) is 0.625. The fourth-order valence-electron chi connectivity index (χ4n) is 4.80. The van der Waals surface area contributed by atoms with Crippen molar-refractivity contribution in [3.63, 3.8) is 0 Å². The molecule has 1 aromatic carbocycles. The first-order valence-corrected chi connectivity index (χ1v) is 11.6. The van der Waals surface area contributed by atoms with Crippen molar-refractivity contribution in [1.29, 1.82) is 0 Å². The van der Waals surface area contributed by atoms with Crippen molar-refractivity contribution in [2.75, 3.05) is 56.2 Å². The van der Waals surface area contributed by atoms with Crippen LogP contribution in [-0.2, 0) is 14.3 Å². The molecule has 4 rings (SSSR count). The van der Waals surface area contributed by atoms with Crippen LogP contribution in [0.4, 0.5) is 21.0 Å². The molecule has 1 atom stereocenters. The molecule has 9 nitrogen and oxygen atoms in total. The Bertz CT molecular complexity index is 889. The largest absolute Gasteiger partial charge is 0.469 e. The highest BCUT2D eigenvalue weighted by Crippen LogP contribution is 2.30. The third-order valence-corrected chi connectivity index (χ3v) is 6.56. The molecule has 1 unspecified atom stereocenters. The molecule has 0 bridgehead atoms. The van der Waals surface area contributed by atoms with Crippen LogP contribution in [0.1, 0.15) is 33.6 Å². The average molecular weight is 459 g/mol. The van der Waals surface area contributed by atoms with Crippen LogP contribution in [0.25, 0.3) is 0 Å². The molecule has 180 valence electrons. The standard InChI is InChI=1S/C24H34N4O5/c1-24(2,3)33-23(31)26-13-14-27-20(15-26)16-28(22(27)30)19-7-5-18(6-8-19)25-11-9-17(10-12-25)21(29)32-4/h5-8,17,20H,9-16H2,1-4H3. The lowest BCUT2D eigenvalue weighted by Crippen LogP contribution is -2.54. The smallest absolute Gasteiger partial charge is 0.410 e. The summed E-state index contributed by atoms with van der Waals surface area (Å²) in [6, 6.07) is 7.95. The number of carbonyl (C=O) groups is 3. The highest BCUT2D eigenvalue weighted by atomic mass is 16.6. The van der Waals surface area contributed by atoms with Gasteiger partial charge in [-0.25, -0.2) is 9.59 Å². The van der Waals surface area contributed by atoms with Gasteiger partial charge in [0.15, 0.2) is 0 Å². The summed E-state index contributed by atoms with van der Waals surface area (Å²) in [7, 11) is 1.44. The maximum Gasteiger partial charge on any atom is 0.410 e. The van der Waals surface area contributed by atoms with Crippen molar-refractivity contribution < 1.29 is 23.9 Å². The van der Waals surface area contributed by atoms with E-state index >= 15 is 0 Å². The summed E-state index contributed by atoms with van der Waals surface area (Å²) in [5.41, 5.74) is 1.40. The Morgan fingerprint density at radius 2 is 1.58 bits per heavy atom. The Labute approximate surface area is 195 Å². The lowest BCUT2D eigenvalue weighted by molar-refractivity contribution is -0.146. The minimum absolute atomic E-state index is 0.0181. The van der Waals surface area contributed by atoms with E-state index in [9.17, 15) is 14.4 Å². The van der Waals surface area contributed by atoms with Gasteiger partial charge in [0.05, 0.1) is 19.1 Å². The molecule has 33 heavy (non-hydrogen) atoms. The maximum absolute atomic E-state index is 13.0. The zero-order valence-corrected chi connectivity index (χ0v) is 20.0. The zero-order valence-electron chi connectivity index (χ0n) is 20.0. The Morgan fingerprint density at radius 1 is 0.939 bits per heavy atom. The Balaban J connectivity index is 1.36. The minimum Gasteiger partial charge on any atom is -0.469 e. The predicted molar refractivity (Wildman–Crippen MR) is 124 cm³/mol. The van der Waals surface area contributed by atoms with Crippen LogP contribution >= 0.6 is 0 Å². The van der Waals surface area contributed by atoms with Gasteiger partial charge in [-0.05, 0) is 57.9 Å². The summed E-state index contributed by atoms with van der Waals surface area (Å²) < 4.78 is 10.4. The quantitative estimate of drug-likeness (QED) is 0.648. The van der Waals surface area contributed by atoms with Gasteiger partial charge in [-0.1, -0.05) is 0 Å². The highest BCUT2D eigenvalue weighted by molar-refractivity contribution is 5.95. The molecular formula is C24H34N4O5. The molecule has 9 heteroatoms. The molecule has 1 aromatic rings. The number of carbonyl (C=O) groups excluding carboxylic acids is 3. The zero-order chi connectivity index (χ0) is 23.8. The van der Waals surface area contributed by atoms with Gasteiger partial charge in [-0.2, -0.15) is 0 Å². The van der Waals surface area contributed by atoms with Gasteiger partial charge in [-0.3, -0.25) is 9.69 Å². The molecule has 3 aliphatic rings. The number of methoxy groups -OCH3 is 1. The second-order valence-corrected chi connectivity index (χ2v) is 9.97. The lowest BCUT2D eigenvalue weighted by Gasteiger charge is -2.36. The van der Waals surface area contributed by atoms with E-state index in [0.717, 1.165) is 37.3 Å². The van der Waals surface area contributed by atoms with Gasteiger partial charge < -0.3 is 24.2 Å². The molecule has 3 aliphatic heterocycles. The first kappa shape index (κ1) is 23.2. The van der Waals surface area contributed by atoms with Crippen LogP contribution in [0.3, 0.4) is 0 Å². The second-order valence-electron chi connectivity index (χ2n) is 9.97. The number of amides is 3. The van der Waals surface area contributed by atoms with Crippen LogP contribution < -0.4 is 9.80 Å². The Morgan fingerprint density at radius 3 is 2.18 bits per heavy atom. The topological polar surface area (TPSA) is 82.6 Å². The molecular weight excluding hydrogens is 424 g/mol. The number of anilines is 2. The molecule has 0 radical (unpaired) electrons. The Kier molecular flexibility index (Phi) is 6.41.